The van der Waals surface area contributed by atoms with Crippen LogP contribution in [-0.4, -0.2) is 9.91 Å². The first kappa shape index (κ1) is 13.0. The maximum atomic E-state index is 11.1. The first-order chi connectivity index (χ1) is 8.97. The first-order valence-corrected chi connectivity index (χ1v) is 5.85. The van der Waals surface area contributed by atoms with Crippen LogP contribution in [0, 0.1) is 37.0 Å². The Morgan fingerprint density at radius 2 is 2.05 bits per heavy atom. The van der Waals surface area contributed by atoms with Crippen molar-refractivity contribution in [1.29, 1.82) is 0 Å². The fourth-order valence-corrected chi connectivity index (χ4v) is 1.95. The van der Waals surface area contributed by atoms with E-state index in [-0.39, 0.29) is 11.5 Å². The molecule has 0 aliphatic heterocycles. The van der Waals surface area contributed by atoms with E-state index in [1.807, 2.05) is 19.9 Å². The molecule has 1 aromatic heterocycles. The van der Waals surface area contributed by atoms with Gasteiger partial charge in [-0.15, -0.1) is 0 Å². The molecular weight excluding hydrogens is 242 g/mol. The average molecular weight is 256 g/mol. The molecule has 1 heterocycles. The van der Waals surface area contributed by atoms with Crippen LogP contribution in [0.1, 0.15) is 16.8 Å². The summed E-state index contributed by atoms with van der Waals surface area (Å²) in [4.78, 5) is 14.9. The standard InChI is InChI=1S/C14H14N3O2/c1-9-5-4-6-12(7-9)16-14-13(17(18)19)10(2)8-11(3)15-14/h4,6-8H,1-3H3,(H,15,16). The molecule has 2 rings (SSSR count). The van der Waals surface area contributed by atoms with Gasteiger partial charge in [-0.3, -0.25) is 10.1 Å². The Bertz CT molecular complexity index is 639. The molecule has 0 fully saturated rings. The number of rotatable bonds is 3. The summed E-state index contributed by atoms with van der Waals surface area (Å²) in [6.45, 7) is 5.43. The Kier molecular flexibility index (Phi) is 3.46. The van der Waals surface area contributed by atoms with Gasteiger partial charge in [-0.25, -0.2) is 4.98 Å². The van der Waals surface area contributed by atoms with Crippen LogP contribution in [0.4, 0.5) is 17.2 Å². The van der Waals surface area contributed by atoms with Crippen LogP contribution < -0.4 is 5.32 Å². The highest BCUT2D eigenvalue weighted by Crippen LogP contribution is 2.29. The Labute approximate surface area is 111 Å². The van der Waals surface area contributed by atoms with Gasteiger partial charge in [0.1, 0.15) is 0 Å². The Morgan fingerprint density at radius 3 is 2.68 bits per heavy atom. The van der Waals surface area contributed by atoms with Gasteiger partial charge in [-0.2, -0.15) is 0 Å². The van der Waals surface area contributed by atoms with Gasteiger partial charge in [-0.05, 0) is 50.6 Å². The zero-order valence-corrected chi connectivity index (χ0v) is 11.0. The van der Waals surface area contributed by atoms with Gasteiger partial charge in [-0.1, -0.05) is 6.07 Å². The number of hydrogen-bond donors (Lipinski definition) is 1. The topological polar surface area (TPSA) is 68.1 Å². The second-order valence-electron chi connectivity index (χ2n) is 4.42. The summed E-state index contributed by atoms with van der Waals surface area (Å²) in [5, 5.41) is 14.1. The zero-order chi connectivity index (χ0) is 14.0. The second-order valence-corrected chi connectivity index (χ2v) is 4.42. The Morgan fingerprint density at radius 1 is 1.32 bits per heavy atom. The molecule has 0 spiro atoms. The van der Waals surface area contributed by atoms with E-state index in [9.17, 15) is 10.1 Å². The predicted octanol–water partition coefficient (Wildman–Crippen LogP) is 3.46. The molecule has 0 atom stereocenters. The lowest BCUT2D eigenvalue weighted by Crippen LogP contribution is -2.03. The molecule has 0 saturated carbocycles. The quantitative estimate of drug-likeness (QED) is 0.674. The van der Waals surface area contributed by atoms with Crippen molar-refractivity contribution in [1.82, 2.24) is 4.98 Å². The molecule has 0 amide bonds. The molecule has 0 unspecified atom stereocenters. The average Bonchev–Trinajstić information content (AvgIpc) is 2.26. The minimum absolute atomic E-state index is 0.0103. The van der Waals surface area contributed by atoms with Crippen molar-refractivity contribution in [3.05, 3.63) is 57.3 Å². The summed E-state index contributed by atoms with van der Waals surface area (Å²) in [5.41, 5.74) is 3.06. The molecule has 19 heavy (non-hydrogen) atoms. The van der Waals surface area contributed by atoms with Crippen LogP contribution in [0.2, 0.25) is 0 Å². The molecule has 1 N–H and O–H groups in total. The van der Waals surface area contributed by atoms with Gasteiger partial charge >= 0.3 is 5.69 Å². The highest BCUT2D eigenvalue weighted by Gasteiger charge is 2.19. The molecule has 0 aliphatic carbocycles. The molecule has 2 aromatic rings. The Hall–Kier alpha value is -2.43. The zero-order valence-electron chi connectivity index (χ0n) is 11.0. The van der Waals surface area contributed by atoms with E-state index in [0.717, 1.165) is 16.9 Å². The van der Waals surface area contributed by atoms with Crippen LogP contribution >= 0.6 is 0 Å². The number of benzene rings is 1. The molecule has 5 nitrogen and oxygen atoms in total. The van der Waals surface area contributed by atoms with Gasteiger partial charge in [0.25, 0.3) is 0 Å². The number of hydrogen-bond acceptors (Lipinski definition) is 4. The van der Waals surface area contributed by atoms with Crippen molar-refractivity contribution >= 4 is 17.2 Å². The van der Waals surface area contributed by atoms with Gasteiger partial charge in [0.15, 0.2) is 0 Å². The maximum absolute atomic E-state index is 11.1. The van der Waals surface area contributed by atoms with Crippen LogP contribution in [-0.2, 0) is 0 Å². The molecule has 5 heteroatoms. The third-order valence-corrected chi connectivity index (χ3v) is 2.70. The van der Waals surface area contributed by atoms with Crippen molar-refractivity contribution < 1.29 is 4.92 Å². The highest BCUT2D eigenvalue weighted by atomic mass is 16.6. The summed E-state index contributed by atoms with van der Waals surface area (Å²) in [5.74, 6) is 0.271. The van der Waals surface area contributed by atoms with E-state index >= 15 is 0 Å². The van der Waals surface area contributed by atoms with Gasteiger partial charge in [0.2, 0.25) is 5.82 Å². The first-order valence-electron chi connectivity index (χ1n) is 5.85. The lowest BCUT2D eigenvalue weighted by molar-refractivity contribution is -0.384. The summed E-state index contributed by atoms with van der Waals surface area (Å²) in [7, 11) is 0. The molecule has 1 radical (unpaired) electrons. The van der Waals surface area contributed by atoms with E-state index in [2.05, 4.69) is 16.4 Å². The van der Waals surface area contributed by atoms with Gasteiger partial charge < -0.3 is 5.32 Å². The number of pyridine rings is 1. The maximum Gasteiger partial charge on any atom is 0.314 e. The molecule has 97 valence electrons. The third kappa shape index (κ3) is 2.88. The van der Waals surface area contributed by atoms with E-state index in [1.165, 1.54) is 0 Å². The Balaban J connectivity index is 2.47. The van der Waals surface area contributed by atoms with Gasteiger partial charge in [0, 0.05) is 16.9 Å². The van der Waals surface area contributed by atoms with Crippen molar-refractivity contribution in [2.45, 2.75) is 20.8 Å². The number of aryl methyl sites for hydroxylation is 3. The monoisotopic (exact) mass is 256 g/mol. The van der Waals surface area contributed by atoms with E-state index in [0.29, 0.717) is 5.56 Å². The summed E-state index contributed by atoms with van der Waals surface area (Å²) >= 11 is 0. The van der Waals surface area contributed by atoms with Gasteiger partial charge in [0.05, 0.1) is 4.92 Å². The van der Waals surface area contributed by atoms with E-state index < -0.39 is 4.92 Å². The fourth-order valence-electron chi connectivity index (χ4n) is 1.95. The fraction of sp³-hybridized carbons (Fsp3) is 0.214. The van der Waals surface area contributed by atoms with Crippen LogP contribution in [0.3, 0.4) is 0 Å². The molecule has 1 aromatic carbocycles. The predicted molar refractivity (Wildman–Crippen MR) is 73.7 cm³/mol. The van der Waals surface area contributed by atoms with Crippen LogP contribution in [0.15, 0.2) is 24.3 Å². The van der Waals surface area contributed by atoms with E-state index in [1.54, 1.807) is 25.1 Å². The van der Waals surface area contributed by atoms with Crippen LogP contribution in [0.5, 0.6) is 0 Å². The van der Waals surface area contributed by atoms with Crippen LogP contribution in [0.25, 0.3) is 0 Å². The lowest BCUT2D eigenvalue weighted by Gasteiger charge is -2.09. The van der Waals surface area contributed by atoms with Crippen molar-refractivity contribution in [3.8, 4) is 0 Å². The summed E-state index contributed by atoms with van der Waals surface area (Å²) in [6.07, 6.45) is 0. The number of aromatic nitrogens is 1. The number of nitro groups is 1. The van der Waals surface area contributed by atoms with Crippen molar-refractivity contribution in [2.75, 3.05) is 5.32 Å². The molecule has 0 bridgehead atoms. The van der Waals surface area contributed by atoms with Crippen molar-refractivity contribution in [2.24, 2.45) is 0 Å². The minimum atomic E-state index is -0.411. The number of nitrogens with one attached hydrogen (secondary N) is 1. The second kappa shape index (κ2) is 5.06. The van der Waals surface area contributed by atoms with Crippen molar-refractivity contribution in [3.63, 3.8) is 0 Å². The largest absolute Gasteiger partial charge is 0.334 e. The molecule has 0 saturated heterocycles. The normalized spacial score (nSPS) is 10.3. The summed E-state index contributed by atoms with van der Waals surface area (Å²) in [6, 6.07) is 10.2. The number of nitrogens with zero attached hydrogens (tertiary/aromatic N) is 2. The molecular formula is C14H14N3O2. The minimum Gasteiger partial charge on any atom is -0.334 e. The summed E-state index contributed by atoms with van der Waals surface area (Å²) < 4.78 is 0. The van der Waals surface area contributed by atoms with E-state index in [4.69, 9.17) is 0 Å². The highest BCUT2D eigenvalue weighted by molar-refractivity contribution is 5.68. The molecule has 0 aliphatic rings. The SMILES string of the molecule is Cc1[c]ccc(Nc2nc(C)cc(C)c2[N+](=O)[O-])c1. The third-order valence-electron chi connectivity index (χ3n) is 2.70. The number of anilines is 2. The smallest absolute Gasteiger partial charge is 0.314 e. The lowest BCUT2D eigenvalue weighted by atomic mass is 10.2.